The Morgan fingerprint density at radius 3 is 2.80 bits per heavy atom. The average Bonchev–Trinajstić information content (AvgIpc) is 3.20. The van der Waals surface area contributed by atoms with Crippen molar-refractivity contribution in [1.29, 1.82) is 0 Å². The molecule has 1 heterocycles. The lowest BCUT2D eigenvalue weighted by molar-refractivity contribution is -0.128. The lowest BCUT2D eigenvalue weighted by Crippen LogP contribution is -2.49. The fraction of sp³-hybridized carbons (Fsp3) is 0.562. The highest BCUT2D eigenvalue weighted by atomic mass is 19.1. The van der Waals surface area contributed by atoms with E-state index in [-0.39, 0.29) is 6.04 Å². The molecule has 4 heteroatoms. The molecule has 1 aliphatic carbocycles. The van der Waals surface area contributed by atoms with Crippen LogP contribution in [0.15, 0.2) is 30.3 Å². The Hall–Kier alpha value is -1.42. The van der Waals surface area contributed by atoms with E-state index in [1.54, 1.807) is 0 Å². The van der Waals surface area contributed by atoms with E-state index in [0.717, 1.165) is 32.5 Å². The van der Waals surface area contributed by atoms with Gasteiger partial charge < -0.3 is 5.32 Å². The maximum atomic E-state index is 13.7. The molecule has 1 amide bonds. The number of carbonyl (C=O) groups excluding carboxylic acids is 1. The molecular formula is C16H21FN2O. The van der Waals surface area contributed by atoms with Crippen LogP contribution in [-0.2, 0) is 11.3 Å². The number of nitrogens with one attached hydrogen (secondary N) is 1. The van der Waals surface area contributed by atoms with E-state index in [2.05, 4.69) is 22.3 Å². The molecular weight excluding hydrogens is 255 g/mol. The maximum Gasteiger partial charge on any atom is 0.257 e. The number of halogens is 1. The van der Waals surface area contributed by atoms with E-state index in [9.17, 15) is 9.18 Å². The smallest absolute Gasteiger partial charge is 0.257 e. The van der Waals surface area contributed by atoms with E-state index in [0.29, 0.717) is 12.8 Å². The number of nitrogens with zero attached hydrogens (tertiary/aromatic N) is 1. The molecule has 1 aliphatic heterocycles. The standard InChI is InChI=1S/C16H21FN2O/c17-16(8-9-16)15(20)18-14-7-4-10-19(12-14)11-13-5-2-1-3-6-13/h1-3,5-6,14H,4,7-12H2,(H,18,20). The van der Waals surface area contributed by atoms with Crippen molar-refractivity contribution >= 4 is 5.91 Å². The van der Waals surface area contributed by atoms with Crippen molar-refractivity contribution in [3.05, 3.63) is 35.9 Å². The molecule has 1 aromatic carbocycles. The SMILES string of the molecule is O=C(NC1CCCN(Cc2ccccc2)C1)C1(F)CC1. The van der Waals surface area contributed by atoms with Gasteiger partial charge in [0.2, 0.25) is 0 Å². The number of hydrogen-bond donors (Lipinski definition) is 1. The number of amides is 1. The molecule has 3 rings (SSSR count). The van der Waals surface area contributed by atoms with Crippen molar-refractivity contribution in [3.8, 4) is 0 Å². The predicted octanol–water partition coefficient (Wildman–Crippen LogP) is 2.27. The van der Waals surface area contributed by atoms with Crippen molar-refractivity contribution in [2.75, 3.05) is 13.1 Å². The first kappa shape index (κ1) is 13.6. The minimum atomic E-state index is -1.55. The normalized spacial score (nSPS) is 25.1. The van der Waals surface area contributed by atoms with Crippen molar-refractivity contribution in [3.63, 3.8) is 0 Å². The van der Waals surface area contributed by atoms with Gasteiger partial charge in [-0.15, -0.1) is 0 Å². The quantitative estimate of drug-likeness (QED) is 0.915. The van der Waals surface area contributed by atoms with Gasteiger partial charge in [-0.25, -0.2) is 4.39 Å². The Morgan fingerprint density at radius 1 is 1.35 bits per heavy atom. The van der Waals surface area contributed by atoms with Crippen molar-refractivity contribution in [2.45, 2.75) is 43.9 Å². The summed E-state index contributed by atoms with van der Waals surface area (Å²) < 4.78 is 13.7. The first-order valence-electron chi connectivity index (χ1n) is 7.42. The molecule has 0 bridgehead atoms. The van der Waals surface area contributed by atoms with Crippen LogP contribution >= 0.6 is 0 Å². The molecule has 1 N–H and O–H groups in total. The number of hydrogen-bond acceptors (Lipinski definition) is 2. The van der Waals surface area contributed by atoms with Gasteiger partial charge in [0, 0.05) is 19.1 Å². The highest BCUT2D eigenvalue weighted by molar-refractivity contribution is 5.88. The summed E-state index contributed by atoms with van der Waals surface area (Å²) in [5.74, 6) is -0.399. The summed E-state index contributed by atoms with van der Waals surface area (Å²) in [5, 5.41) is 2.88. The molecule has 20 heavy (non-hydrogen) atoms. The zero-order valence-electron chi connectivity index (χ0n) is 11.6. The summed E-state index contributed by atoms with van der Waals surface area (Å²) in [6.07, 6.45) is 2.78. The fourth-order valence-corrected chi connectivity index (χ4v) is 2.81. The van der Waals surface area contributed by atoms with Gasteiger partial charge in [0.15, 0.2) is 5.67 Å². The summed E-state index contributed by atoms with van der Waals surface area (Å²) >= 11 is 0. The van der Waals surface area contributed by atoms with Crippen LogP contribution in [0.3, 0.4) is 0 Å². The van der Waals surface area contributed by atoms with Gasteiger partial charge in [-0.1, -0.05) is 30.3 Å². The Kier molecular flexibility index (Phi) is 3.74. The summed E-state index contributed by atoms with van der Waals surface area (Å²) in [6.45, 7) is 2.76. The van der Waals surface area contributed by atoms with Crippen LogP contribution in [0.1, 0.15) is 31.2 Å². The molecule has 108 valence electrons. The molecule has 1 atom stereocenters. The first-order chi connectivity index (χ1) is 9.66. The van der Waals surface area contributed by atoms with Crippen LogP contribution in [0, 0.1) is 0 Å². The third-order valence-electron chi connectivity index (χ3n) is 4.19. The van der Waals surface area contributed by atoms with Gasteiger partial charge in [0.1, 0.15) is 0 Å². The monoisotopic (exact) mass is 276 g/mol. The number of likely N-dealkylation sites (tertiary alicyclic amines) is 1. The Morgan fingerprint density at radius 2 is 2.10 bits per heavy atom. The van der Waals surface area contributed by atoms with Gasteiger partial charge in [0.05, 0.1) is 0 Å². The van der Waals surface area contributed by atoms with E-state index in [4.69, 9.17) is 0 Å². The minimum Gasteiger partial charge on any atom is -0.349 e. The third kappa shape index (κ3) is 3.18. The van der Waals surface area contributed by atoms with Crippen LogP contribution in [-0.4, -0.2) is 35.6 Å². The topological polar surface area (TPSA) is 32.3 Å². The lowest BCUT2D eigenvalue weighted by atomic mass is 10.0. The molecule has 1 unspecified atom stereocenters. The molecule has 3 nitrogen and oxygen atoms in total. The van der Waals surface area contributed by atoms with Gasteiger partial charge in [-0.3, -0.25) is 9.69 Å². The first-order valence-corrected chi connectivity index (χ1v) is 7.42. The van der Waals surface area contributed by atoms with Gasteiger partial charge in [-0.2, -0.15) is 0 Å². The second-order valence-corrected chi connectivity index (χ2v) is 6.00. The van der Waals surface area contributed by atoms with Crippen molar-refractivity contribution in [2.24, 2.45) is 0 Å². The molecule has 1 aromatic rings. The second kappa shape index (κ2) is 5.52. The number of alkyl halides is 1. The Labute approximate surface area is 119 Å². The Balaban J connectivity index is 1.52. The fourth-order valence-electron chi connectivity index (χ4n) is 2.81. The predicted molar refractivity (Wildman–Crippen MR) is 76.0 cm³/mol. The zero-order chi connectivity index (χ0) is 14.0. The van der Waals surface area contributed by atoms with Crippen molar-refractivity contribution < 1.29 is 9.18 Å². The second-order valence-electron chi connectivity index (χ2n) is 6.00. The van der Waals surface area contributed by atoms with Gasteiger partial charge >= 0.3 is 0 Å². The molecule has 2 aliphatic rings. The van der Waals surface area contributed by atoms with Crippen LogP contribution in [0.5, 0.6) is 0 Å². The number of piperidine rings is 1. The highest BCUT2D eigenvalue weighted by Gasteiger charge is 2.51. The van der Waals surface area contributed by atoms with Crippen LogP contribution in [0.4, 0.5) is 4.39 Å². The summed E-state index contributed by atoms with van der Waals surface area (Å²) in [4.78, 5) is 14.1. The lowest BCUT2D eigenvalue weighted by Gasteiger charge is -2.33. The van der Waals surface area contributed by atoms with Crippen LogP contribution < -0.4 is 5.32 Å². The highest BCUT2D eigenvalue weighted by Crippen LogP contribution is 2.40. The summed E-state index contributed by atoms with van der Waals surface area (Å²) in [6, 6.07) is 10.4. The Bertz CT molecular complexity index is 473. The molecule has 0 spiro atoms. The molecule has 2 fully saturated rings. The van der Waals surface area contributed by atoms with E-state index < -0.39 is 11.6 Å². The number of benzene rings is 1. The molecule has 0 aromatic heterocycles. The minimum absolute atomic E-state index is 0.0909. The van der Waals surface area contributed by atoms with Crippen LogP contribution in [0.25, 0.3) is 0 Å². The van der Waals surface area contributed by atoms with E-state index in [1.165, 1.54) is 5.56 Å². The molecule has 1 saturated carbocycles. The van der Waals surface area contributed by atoms with E-state index in [1.807, 2.05) is 18.2 Å². The molecule has 1 saturated heterocycles. The summed E-state index contributed by atoms with van der Waals surface area (Å²) in [5.41, 5.74) is -0.273. The maximum absolute atomic E-state index is 13.7. The van der Waals surface area contributed by atoms with Gasteiger partial charge in [0.25, 0.3) is 5.91 Å². The zero-order valence-corrected chi connectivity index (χ0v) is 11.6. The summed E-state index contributed by atoms with van der Waals surface area (Å²) in [7, 11) is 0. The average molecular weight is 276 g/mol. The molecule has 0 radical (unpaired) electrons. The van der Waals surface area contributed by atoms with E-state index >= 15 is 0 Å². The van der Waals surface area contributed by atoms with Crippen molar-refractivity contribution in [1.82, 2.24) is 10.2 Å². The van der Waals surface area contributed by atoms with Crippen LogP contribution in [0.2, 0.25) is 0 Å². The number of rotatable bonds is 4. The third-order valence-corrected chi connectivity index (χ3v) is 4.19. The largest absolute Gasteiger partial charge is 0.349 e. The van der Waals surface area contributed by atoms with Gasteiger partial charge in [-0.05, 0) is 37.8 Å². The number of carbonyl (C=O) groups is 1.